The Morgan fingerprint density at radius 2 is 2.15 bits per heavy atom. The van der Waals surface area contributed by atoms with Gasteiger partial charge < -0.3 is 5.32 Å². The van der Waals surface area contributed by atoms with Gasteiger partial charge in [-0.2, -0.15) is 0 Å². The molecule has 1 rings (SSSR count). The fourth-order valence-corrected chi connectivity index (χ4v) is 1.33. The average molecular weight is 207 g/mol. The van der Waals surface area contributed by atoms with E-state index in [1.807, 2.05) is 24.3 Å². The molecule has 0 aliphatic carbocycles. The second-order valence-electron chi connectivity index (χ2n) is 2.44. The smallest absolute Gasteiger partial charge is 0.0659 e. The lowest BCUT2D eigenvalue weighted by Crippen LogP contribution is -2.02. The van der Waals surface area contributed by atoms with Crippen LogP contribution < -0.4 is 5.32 Å². The predicted octanol–water partition coefficient (Wildman–Crippen LogP) is 2.87. The maximum atomic E-state index is 5.46. The number of rotatable bonds is 4. The summed E-state index contributed by atoms with van der Waals surface area (Å²) in [5.41, 5.74) is 3.31. The third kappa shape index (κ3) is 2.57. The minimum atomic E-state index is 0.380. The number of nitrogens with one attached hydrogen (secondary N) is 1. The third-order valence-corrected chi connectivity index (χ3v) is 2.13. The standard InChI is InChI=1S/C10H9NS2/c1-2-10(13)8-5-3-4-6-9(8)11-7-12/h1,3-7H,2H2,(H,11,12). The molecule has 13 heavy (non-hydrogen) atoms. The van der Waals surface area contributed by atoms with E-state index >= 15 is 0 Å². The van der Waals surface area contributed by atoms with Gasteiger partial charge in [0.2, 0.25) is 0 Å². The van der Waals surface area contributed by atoms with Crippen molar-refractivity contribution in [2.75, 3.05) is 5.32 Å². The van der Waals surface area contributed by atoms with Crippen LogP contribution in [0.3, 0.4) is 0 Å². The molecule has 0 fully saturated rings. The highest BCUT2D eigenvalue weighted by molar-refractivity contribution is 7.80. The Balaban J connectivity index is 3.03. The molecule has 1 aromatic carbocycles. The third-order valence-electron chi connectivity index (χ3n) is 1.63. The molecule has 2 radical (unpaired) electrons. The lowest BCUT2D eigenvalue weighted by atomic mass is 10.1. The van der Waals surface area contributed by atoms with Crippen LogP contribution >= 0.6 is 24.4 Å². The van der Waals surface area contributed by atoms with Crippen LogP contribution in [0.4, 0.5) is 5.69 Å². The van der Waals surface area contributed by atoms with Gasteiger partial charge >= 0.3 is 0 Å². The number of benzene rings is 1. The van der Waals surface area contributed by atoms with Gasteiger partial charge in [0.25, 0.3) is 0 Å². The molecular weight excluding hydrogens is 198 g/mol. The van der Waals surface area contributed by atoms with E-state index in [1.54, 1.807) is 0 Å². The van der Waals surface area contributed by atoms with Gasteiger partial charge in [-0.15, -0.1) is 0 Å². The molecule has 0 aliphatic heterocycles. The van der Waals surface area contributed by atoms with Crippen molar-refractivity contribution in [1.82, 2.24) is 0 Å². The summed E-state index contributed by atoms with van der Waals surface area (Å²) in [5.74, 6) is 0. The topological polar surface area (TPSA) is 12.0 Å². The Bertz CT molecular complexity index is 320. The first-order chi connectivity index (χ1) is 6.29. The largest absolute Gasteiger partial charge is 0.352 e. The summed E-state index contributed by atoms with van der Waals surface area (Å²) in [4.78, 5) is 0.736. The second kappa shape index (κ2) is 5.04. The van der Waals surface area contributed by atoms with E-state index in [9.17, 15) is 0 Å². The molecule has 0 spiro atoms. The number of hydrogen-bond acceptors (Lipinski definition) is 2. The highest BCUT2D eigenvalue weighted by Gasteiger charge is 2.03. The van der Waals surface area contributed by atoms with E-state index in [4.69, 9.17) is 31.4 Å². The molecule has 0 saturated heterocycles. The Morgan fingerprint density at radius 1 is 1.46 bits per heavy atom. The Morgan fingerprint density at radius 3 is 2.77 bits per heavy atom. The van der Waals surface area contributed by atoms with Gasteiger partial charge in [0.05, 0.1) is 5.49 Å². The van der Waals surface area contributed by atoms with Crippen molar-refractivity contribution < 1.29 is 0 Å². The van der Waals surface area contributed by atoms with Crippen LogP contribution in [0, 0.1) is 6.92 Å². The molecule has 1 nitrogen and oxygen atoms in total. The van der Waals surface area contributed by atoms with E-state index in [0.717, 1.165) is 16.1 Å². The first-order valence-corrected chi connectivity index (χ1v) is 4.70. The summed E-state index contributed by atoms with van der Waals surface area (Å²) in [7, 11) is 0. The first-order valence-electron chi connectivity index (χ1n) is 3.82. The average Bonchev–Trinajstić information content (AvgIpc) is 2.18. The van der Waals surface area contributed by atoms with E-state index in [-0.39, 0.29) is 0 Å². The molecule has 0 heterocycles. The molecule has 1 aromatic rings. The molecule has 0 aromatic heterocycles. The highest BCUT2D eigenvalue weighted by Crippen LogP contribution is 2.16. The predicted molar refractivity (Wildman–Crippen MR) is 64.3 cm³/mol. The molecule has 3 heteroatoms. The lowest BCUT2D eigenvalue weighted by molar-refractivity contribution is 1.50. The Labute approximate surface area is 89.2 Å². The SMILES string of the molecule is [CH]CC(=S)c1ccccc1NC=S. The normalized spacial score (nSPS) is 9.31. The van der Waals surface area contributed by atoms with Crippen LogP contribution in [0.15, 0.2) is 24.3 Å². The van der Waals surface area contributed by atoms with Crippen LogP contribution in [0.25, 0.3) is 0 Å². The van der Waals surface area contributed by atoms with Gasteiger partial charge in [0, 0.05) is 16.1 Å². The highest BCUT2D eigenvalue weighted by atomic mass is 32.1. The zero-order valence-corrected chi connectivity index (χ0v) is 8.62. The number of para-hydroxylation sites is 1. The maximum Gasteiger partial charge on any atom is 0.0659 e. The van der Waals surface area contributed by atoms with Crippen molar-refractivity contribution in [2.45, 2.75) is 6.42 Å². The number of thiocarbonyl (C=S) groups is 2. The molecule has 0 saturated carbocycles. The number of anilines is 1. The fourth-order valence-electron chi connectivity index (χ4n) is 1.03. The minimum absolute atomic E-state index is 0.380. The quantitative estimate of drug-likeness (QED) is 0.602. The van der Waals surface area contributed by atoms with Gasteiger partial charge in [0.15, 0.2) is 0 Å². The van der Waals surface area contributed by atoms with E-state index in [0.29, 0.717) is 6.42 Å². The molecule has 0 atom stereocenters. The Hall–Kier alpha value is -0.800. The molecular formula is C10H9NS2. The molecule has 0 bridgehead atoms. The molecule has 66 valence electrons. The summed E-state index contributed by atoms with van der Waals surface area (Å²) in [5, 5.41) is 2.94. The van der Waals surface area contributed by atoms with E-state index in [2.05, 4.69) is 5.32 Å². The first kappa shape index (κ1) is 10.3. The van der Waals surface area contributed by atoms with Crippen molar-refractivity contribution in [1.29, 1.82) is 0 Å². The zero-order chi connectivity index (χ0) is 9.68. The van der Waals surface area contributed by atoms with Gasteiger partial charge in [-0.3, -0.25) is 0 Å². The van der Waals surface area contributed by atoms with E-state index < -0.39 is 0 Å². The summed E-state index contributed by atoms with van der Waals surface area (Å²) >= 11 is 9.82. The number of hydrogen-bond donors (Lipinski definition) is 1. The summed E-state index contributed by atoms with van der Waals surface area (Å²) in [6.45, 7) is 5.46. The van der Waals surface area contributed by atoms with Crippen LogP contribution in [0.5, 0.6) is 0 Å². The van der Waals surface area contributed by atoms with E-state index in [1.165, 1.54) is 5.49 Å². The van der Waals surface area contributed by atoms with Crippen molar-refractivity contribution in [3.8, 4) is 0 Å². The summed E-state index contributed by atoms with van der Waals surface area (Å²) in [6.07, 6.45) is 0.380. The molecule has 0 amide bonds. The van der Waals surface area contributed by atoms with Gasteiger partial charge in [-0.05, 0) is 19.4 Å². The maximum absolute atomic E-state index is 5.46. The summed E-state index contributed by atoms with van der Waals surface area (Å²) in [6, 6.07) is 7.69. The zero-order valence-electron chi connectivity index (χ0n) is 6.99. The van der Waals surface area contributed by atoms with Gasteiger partial charge in [-0.25, -0.2) is 0 Å². The molecule has 0 unspecified atom stereocenters. The van der Waals surface area contributed by atoms with Crippen molar-refractivity contribution in [3.63, 3.8) is 0 Å². The van der Waals surface area contributed by atoms with Crippen molar-refractivity contribution >= 4 is 40.5 Å². The van der Waals surface area contributed by atoms with Crippen molar-refractivity contribution in [2.24, 2.45) is 0 Å². The van der Waals surface area contributed by atoms with Crippen molar-refractivity contribution in [3.05, 3.63) is 36.8 Å². The second-order valence-corrected chi connectivity index (χ2v) is 3.16. The van der Waals surface area contributed by atoms with Crippen LogP contribution in [-0.2, 0) is 0 Å². The minimum Gasteiger partial charge on any atom is -0.352 e. The van der Waals surface area contributed by atoms with Gasteiger partial charge in [0.1, 0.15) is 0 Å². The lowest BCUT2D eigenvalue weighted by Gasteiger charge is -2.07. The van der Waals surface area contributed by atoms with Gasteiger partial charge in [-0.1, -0.05) is 42.6 Å². The molecule has 1 N–H and O–H groups in total. The Kier molecular flexibility index (Phi) is 3.99. The summed E-state index contributed by atoms with van der Waals surface area (Å²) < 4.78 is 0. The van der Waals surface area contributed by atoms with Crippen LogP contribution in [-0.4, -0.2) is 10.4 Å². The molecule has 0 aliphatic rings. The fraction of sp³-hybridized carbons (Fsp3) is 0.100. The van der Waals surface area contributed by atoms with Crippen LogP contribution in [0.2, 0.25) is 0 Å². The monoisotopic (exact) mass is 207 g/mol. The van der Waals surface area contributed by atoms with Crippen LogP contribution in [0.1, 0.15) is 12.0 Å².